The number of urea groups is 1. The number of methoxy groups -OCH3 is 2. The van der Waals surface area contributed by atoms with Crippen LogP contribution >= 0.6 is 0 Å². The second-order valence-corrected chi connectivity index (χ2v) is 4.45. The van der Waals surface area contributed by atoms with Gasteiger partial charge in [0.05, 0.1) is 13.7 Å². The van der Waals surface area contributed by atoms with E-state index in [1.807, 2.05) is 24.3 Å². The van der Waals surface area contributed by atoms with E-state index in [0.717, 1.165) is 11.3 Å². The third kappa shape index (κ3) is 5.31. The quantitative estimate of drug-likeness (QED) is 0.781. The molecule has 0 bridgehead atoms. The van der Waals surface area contributed by atoms with E-state index in [-0.39, 0.29) is 12.6 Å². The highest BCUT2D eigenvalue weighted by molar-refractivity contribution is 5.76. The van der Waals surface area contributed by atoms with Crippen molar-refractivity contribution in [2.75, 3.05) is 27.8 Å². The van der Waals surface area contributed by atoms with Crippen molar-refractivity contribution in [3.8, 4) is 5.75 Å². The number of hydrogen-bond acceptors (Lipinski definition) is 4. The molecule has 0 fully saturated rings. The molecule has 2 amide bonds. The minimum atomic E-state index is -1.12. The highest BCUT2D eigenvalue weighted by Crippen LogP contribution is 2.12. The number of nitrogens with zero attached hydrogens (tertiary/aromatic N) is 1. The minimum absolute atomic E-state index is 0.0857. The van der Waals surface area contributed by atoms with Crippen LogP contribution in [0.5, 0.6) is 5.75 Å². The second-order valence-electron chi connectivity index (χ2n) is 4.45. The van der Waals surface area contributed by atoms with E-state index in [1.54, 1.807) is 14.2 Å². The maximum absolute atomic E-state index is 11.9. The van der Waals surface area contributed by atoms with E-state index >= 15 is 0 Å². The van der Waals surface area contributed by atoms with Crippen molar-refractivity contribution >= 4 is 12.0 Å². The first-order valence-electron chi connectivity index (χ1n) is 6.35. The van der Waals surface area contributed by atoms with Crippen LogP contribution in [0.4, 0.5) is 4.79 Å². The minimum Gasteiger partial charge on any atom is -0.497 e. The van der Waals surface area contributed by atoms with Crippen molar-refractivity contribution in [3.05, 3.63) is 29.8 Å². The molecule has 0 heterocycles. The van der Waals surface area contributed by atoms with Crippen LogP contribution in [0.3, 0.4) is 0 Å². The largest absolute Gasteiger partial charge is 0.497 e. The number of carbonyl (C=O) groups is 2. The van der Waals surface area contributed by atoms with E-state index in [1.165, 1.54) is 12.0 Å². The predicted octanol–water partition coefficient (Wildman–Crippen LogP) is 0.936. The number of benzene rings is 1. The van der Waals surface area contributed by atoms with Gasteiger partial charge in [-0.2, -0.15) is 0 Å². The molecule has 0 aliphatic rings. The Morgan fingerprint density at radius 3 is 2.38 bits per heavy atom. The lowest BCUT2D eigenvalue weighted by molar-refractivity contribution is -0.148. The molecule has 21 heavy (non-hydrogen) atoms. The molecule has 0 spiro atoms. The van der Waals surface area contributed by atoms with Crippen molar-refractivity contribution < 1.29 is 24.2 Å². The van der Waals surface area contributed by atoms with E-state index in [9.17, 15) is 9.59 Å². The van der Waals surface area contributed by atoms with E-state index in [0.29, 0.717) is 6.54 Å². The van der Waals surface area contributed by atoms with Crippen LogP contribution in [0.25, 0.3) is 0 Å². The highest BCUT2D eigenvalue weighted by Gasteiger charge is 2.18. The molecule has 1 rings (SSSR count). The molecule has 7 heteroatoms. The number of carbonyl (C=O) groups excluding carboxylic acids is 1. The van der Waals surface area contributed by atoms with Gasteiger partial charge in [-0.25, -0.2) is 9.59 Å². The average molecular weight is 296 g/mol. The molecule has 116 valence electrons. The van der Waals surface area contributed by atoms with Gasteiger partial charge in [-0.05, 0) is 17.7 Å². The van der Waals surface area contributed by atoms with Crippen molar-refractivity contribution in [1.29, 1.82) is 0 Å². The average Bonchev–Trinajstić information content (AvgIpc) is 2.48. The zero-order valence-corrected chi connectivity index (χ0v) is 12.3. The fourth-order valence-corrected chi connectivity index (χ4v) is 1.66. The fourth-order valence-electron chi connectivity index (χ4n) is 1.66. The summed E-state index contributed by atoms with van der Waals surface area (Å²) in [6, 6.07) is 6.98. The second kappa shape index (κ2) is 8.11. The maximum Gasteiger partial charge on any atom is 0.334 e. The first kappa shape index (κ1) is 16.8. The van der Waals surface area contributed by atoms with E-state index in [4.69, 9.17) is 14.6 Å². The van der Waals surface area contributed by atoms with Crippen molar-refractivity contribution in [2.45, 2.75) is 12.6 Å². The van der Waals surface area contributed by atoms with Gasteiger partial charge < -0.3 is 24.8 Å². The van der Waals surface area contributed by atoms with E-state index in [2.05, 4.69) is 5.32 Å². The van der Waals surface area contributed by atoms with Gasteiger partial charge in [0.2, 0.25) is 0 Å². The van der Waals surface area contributed by atoms with Gasteiger partial charge in [-0.3, -0.25) is 0 Å². The molecule has 7 nitrogen and oxygen atoms in total. The lowest BCUT2D eigenvalue weighted by Gasteiger charge is -2.19. The molecule has 0 radical (unpaired) electrons. The van der Waals surface area contributed by atoms with Gasteiger partial charge >= 0.3 is 12.0 Å². The summed E-state index contributed by atoms with van der Waals surface area (Å²) in [5, 5.41) is 11.3. The maximum atomic E-state index is 11.9. The molecule has 1 aromatic carbocycles. The summed E-state index contributed by atoms with van der Waals surface area (Å²) in [7, 11) is 4.50. The molecule has 2 N–H and O–H groups in total. The molecular weight excluding hydrogens is 276 g/mol. The molecule has 1 aromatic rings. The zero-order valence-electron chi connectivity index (χ0n) is 12.3. The van der Waals surface area contributed by atoms with Gasteiger partial charge in [0, 0.05) is 20.7 Å². The standard InChI is InChI=1S/C14H20N2O5/c1-16(9-10-4-6-11(20-2)7-5-10)14(19)15-8-12(21-3)13(17)18/h4-7,12H,8-9H2,1-3H3,(H,15,19)(H,17,18). The summed E-state index contributed by atoms with van der Waals surface area (Å²) < 4.78 is 9.80. The van der Waals surface area contributed by atoms with Crippen LogP contribution in [-0.2, 0) is 16.1 Å². The predicted molar refractivity (Wildman–Crippen MR) is 76.3 cm³/mol. The summed E-state index contributed by atoms with van der Waals surface area (Å²) in [6.45, 7) is 0.318. The Bertz CT molecular complexity index is 475. The molecule has 1 unspecified atom stereocenters. The van der Waals surface area contributed by atoms with Crippen LogP contribution in [0.1, 0.15) is 5.56 Å². The highest BCUT2D eigenvalue weighted by atomic mass is 16.5. The lowest BCUT2D eigenvalue weighted by Crippen LogP contribution is -2.43. The number of ether oxygens (including phenoxy) is 2. The molecule has 0 aromatic heterocycles. The first-order valence-corrected chi connectivity index (χ1v) is 6.35. The van der Waals surface area contributed by atoms with Crippen molar-refractivity contribution in [2.24, 2.45) is 0 Å². The number of nitrogens with one attached hydrogen (secondary N) is 1. The van der Waals surface area contributed by atoms with Crippen LogP contribution < -0.4 is 10.1 Å². The number of carboxylic acids is 1. The van der Waals surface area contributed by atoms with Gasteiger partial charge in [0.1, 0.15) is 5.75 Å². The smallest absolute Gasteiger partial charge is 0.334 e. The number of aliphatic carboxylic acids is 1. The Morgan fingerprint density at radius 1 is 1.29 bits per heavy atom. The summed E-state index contributed by atoms with van der Waals surface area (Å²) in [5.41, 5.74) is 0.940. The monoisotopic (exact) mass is 296 g/mol. The first-order chi connectivity index (χ1) is 9.97. The van der Waals surface area contributed by atoms with Crippen LogP contribution in [0.15, 0.2) is 24.3 Å². The van der Waals surface area contributed by atoms with Gasteiger partial charge in [-0.15, -0.1) is 0 Å². The molecule has 0 aliphatic carbocycles. The van der Waals surface area contributed by atoms with E-state index < -0.39 is 12.1 Å². The van der Waals surface area contributed by atoms with Crippen LogP contribution in [0.2, 0.25) is 0 Å². The number of rotatable bonds is 7. The molecule has 0 saturated carbocycles. The Hall–Kier alpha value is -2.28. The molecular formula is C14H20N2O5. The third-order valence-electron chi connectivity index (χ3n) is 2.92. The number of amides is 2. The lowest BCUT2D eigenvalue weighted by atomic mass is 10.2. The Labute approximate surface area is 123 Å². The SMILES string of the molecule is COc1ccc(CN(C)C(=O)NCC(OC)C(=O)O)cc1. The van der Waals surface area contributed by atoms with Gasteiger partial charge in [0.15, 0.2) is 6.10 Å². The summed E-state index contributed by atoms with van der Waals surface area (Å²) in [5.74, 6) is -0.370. The summed E-state index contributed by atoms with van der Waals surface area (Å²) >= 11 is 0. The Balaban J connectivity index is 2.48. The fraction of sp³-hybridized carbons (Fsp3) is 0.429. The topological polar surface area (TPSA) is 88.1 Å². The third-order valence-corrected chi connectivity index (χ3v) is 2.92. The number of hydrogen-bond donors (Lipinski definition) is 2. The van der Waals surface area contributed by atoms with Gasteiger partial charge in [0.25, 0.3) is 0 Å². The molecule has 0 saturated heterocycles. The van der Waals surface area contributed by atoms with Gasteiger partial charge in [-0.1, -0.05) is 12.1 Å². The normalized spacial score (nSPS) is 11.6. The summed E-state index contributed by atoms with van der Waals surface area (Å²) in [6.07, 6.45) is -1.05. The number of carboxylic acid groups (broad SMARTS) is 1. The zero-order chi connectivity index (χ0) is 15.8. The Morgan fingerprint density at radius 2 is 1.90 bits per heavy atom. The summed E-state index contributed by atoms with van der Waals surface area (Å²) in [4.78, 5) is 24.1. The van der Waals surface area contributed by atoms with Crippen LogP contribution in [0, 0.1) is 0 Å². The molecule has 1 atom stereocenters. The molecule has 0 aliphatic heterocycles. The Kier molecular flexibility index (Phi) is 6.48. The van der Waals surface area contributed by atoms with Crippen LogP contribution in [-0.4, -0.2) is 55.9 Å². The van der Waals surface area contributed by atoms with Crippen molar-refractivity contribution in [3.63, 3.8) is 0 Å². The van der Waals surface area contributed by atoms with Crippen molar-refractivity contribution in [1.82, 2.24) is 10.2 Å².